The van der Waals surface area contributed by atoms with Crippen molar-refractivity contribution in [1.82, 2.24) is 10.3 Å². The first-order valence-electron chi connectivity index (χ1n) is 8.72. The smallest absolute Gasteiger partial charge is 0.387 e. The number of ether oxygens (including phenoxy) is 1. The van der Waals surface area contributed by atoms with Crippen molar-refractivity contribution in [3.63, 3.8) is 0 Å². The monoisotopic (exact) mass is 379 g/mol. The number of amides is 2. The topological polar surface area (TPSA) is 80.3 Å². The summed E-state index contributed by atoms with van der Waals surface area (Å²) in [4.78, 5) is 28.3. The van der Waals surface area contributed by atoms with Crippen LogP contribution < -0.4 is 15.4 Å². The van der Waals surface area contributed by atoms with Gasteiger partial charge in [-0.05, 0) is 49.9 Å². The van der Waals surface area contributed by atoms with Gasteiger partial charge >= 0.3 is 18.4 Å². The average Bonchev–Trinajstić information content (AvgIpc) is 2.61. The minimum absolute atomic E-state index is 0.106. The molecule has 2 aromatic rings. The van der Waals surface area contributed by atoms with Crippen LogP contribution in [0.15, 0.2) is 30.5 Å². The van der Waals surface area contributed by atoms with Crippen molar-refractivity contribution in [3.05, 3.63) is 30.5 Å². The van der Waals surface area contributed by atoms with Gasteiger partial charge in [-0.25, -0.2) is 0 Å². The van der Waals surface area contributed by atoms with Crippen LogP contribution in [0, 0.1) is 5.92 Å². The number of alkyl halides is 2. The van der Waals surface area contributed by atoms with Crippen LogP contribution in [0.4, 0.5) is 14.5 Å². The minimum atomic E-state index is -2.99. The number of nitrogens with zero attached hydrogens (tertiary/aromatic N) is 1. The van der Waals surface area contributed by atoms with Crippen LogP contribution in [-0.2, 0) is 9.59 Å². The van der Waals surface area contributed by atoms with Crippen LogP contribution in [-0.4, -0.2) is 29.5 Å². The van der Waals surface area contributed by atoms with Gasteiger partial charge in [-0.2, -0.15) is 8.78 Å². The second-order valence-corrected chi connectivity index (χ2v) is 6.69. The van der Waals surface area contributed by atoms with E-state index < -0.39 is 18.4 Å². The summed E-state index contributed by atoms with van der Waals surface area (Å²) in [5.41, 5.74) is 0.455. The molecule has 0 fully saturated rings. The lowest BCUT2D eigenvalue weighted by atomic mass is 10.0. The maximum Gasteiger partial charge on any atom is 0.387 e. The van der Waals surface area contributed by atoms with Crippen molar-refractivity contribution >= 4 is 28.4 Å². The number of nitrogens with one attached hydrogen (secondary N) is 2. The van der Waals surface area contributed by atoms with E-state index in [9.17, 15) is 18.4 Å². The van der Waals surface area contributed by atoms with E-state index in [1.165, 1.54) is 18.3 Å². The number of carbonyl (C=O) groups is 2. The molecule has 0 saturated heterocycles. The third kappa shape index (κ3) is 5.87. The van der Waals surface area contributed by atoms with Crippen LogP contribution in [0.2, 0.25) is 0 Å². The SMILES string of the molecule is CC(C)CCC(C)NC(=O)C(=O)Nc1ccc(OC(F)F)c2ncccc12. The number of fused-ring (bicyclic) bond motifs is 1. The molecule has 2 rings (SSSR count). The molecule has 1 heterocycles. The number of aromatic nitrogens is 1. The number of carbonyl (C=O) groups excluding carboxylic acids is 2. The molecule has 8 heteroatoms. The summed E-state index contributed by atoms with van der Waals surface area (Å²) in [7, 11) is 0. The highest BCUT2D eigenvalue weighted by Gasteiger charge is 2.19. The summed E-state index contributed by atoms with van der Waals surface area (Å²) < 4.78 is 29.5. The van der Waals surface area contributed by atoms with Crippen LogP contribution in [0.25, 0.3) is 10.9 Å². The predicted molar refractivity (Wildman–Crippen MR) is 98.7 cm³/mol. The molecule has 0 radical (unpaired) electrons. The molecule has 0 aliphatic rings. The molecule has 0 saturated carbocycles. The standard InChI is InChI=1S/C19H23F2N3O3/c1-11(2)6-7-12(3)23-17(25)18(26)24-14-8-9-15(27-19(20)21)16-13(14)5-4-10-22-16/h4-5,8-12,19H,6-7H2,1-3H3,(H,23,25)(H,24,26). The maximum atomic E-state index is 12.5. The normalized spacial score (nSPS) is 12.3. The number of hydrogen-bond acceptors (Lipinski definition) is 4. The Morgan fingerprint density at radius 3 is 2.52 bits per heavy atom. The van der Waals surface area contributed by atoms with E-state index in [4.69, 9.17) is 0 Å². The lowest BCUT2D eigenvalue weighted by Gasteiger charge is -2.15. The Hall–Kier alpha value is -2.77. The molecule has 27 heavy (non-hydrogen) atoms. The van der Waals surface area contributed by atoms with Crippen molar-refractivity contribution in [2.24, 2.45) is 5.92 Å². The highest BCUT2D eigenvalue weighted by Crippen LogP contribution is 2.30. The van der Waals surface area contributed by atoms with E-state index >= 15 is 0 Å². The van der Waals surface area contributed by atoms with Gasteiger partial charge in [0.05, 0.1) is 5.69 Å². The lowest BCUT2D eigenvalue weighted by molar-refractivity contribution is -0.136. The van der Waals surface area contributed by atoms with E-state index in [0.717, 1.165) is 12.8 Å². The molecule has 1 unspecified atom stereocenters. The average molecular weight is 379 g/mol. The largest absolute Gasteiger partial charge is 0.432 e. The molecule has 1 aromatic heterocycles. The molecule has 0 aliphatic heterocycles. The third-order valence-corrected chi connectivity index (χ3v) is 3.96. The molecular formula is C19H23F2N3O3. The summed E-state index contributed by atoms with van der Waals surface area (Å²) in [6, 6.07) is 5.73. The Morgan fingerprint density at radius 1 is 1.11 bits per heavy atom. The van der Waals surface area contributed by atoms with Crippen molar-refractivity contribution in [2.45, 2.75) is 46.3 Å². The lowest BCUT2D eigenvalue weighted by Crippen LogP contribution is -2.40. The molecule has 146 valence electrons. The number of anilines is 1. The number of benzene rings is 1. The van der Waals surface area contributed by atoms with Gasteiger partial charge in [-0.15, -0.1) is 0 Å². The first-order chi connectivity index (χ1) is 12.8. The molecule has 0 aliphatic carbocycles. The molecule has 1 atom stereocenters. The first kappa shape index (κ1) is 20.5. The summed E-state index contributed by atoms with van der Waals surface area (Å²) in [6.07, 6.45) is 3.13. The number of rotatable bonds is 7. The van der Waals surface area contributed by atoms with Gasteiger partial charge in [0.25, 0.3) is 0 Å². The van der Waals surface area contributed by atoms with Gasteiger partial charge in [0, 0.05) is 17.6 Å². The van der Waals surface area contributed by atoms with Gasteiger partial charge in [0.15, 0.2) is 5.75 Å². The van der Waals surface area contributed by atoms with E-state index in [1.807, 2.05) is 6.92 Å². The van der Waals surface area contributed by atoms with Gasteiger partial charge in [-0.3, -0.25) is 14.6 Å². The highest BCUT2D eigenvalue weighted by atomic mass is 19.3. The zero-order valence-electron chi connectivity index (χ0n) is 15.5. The van der Waals surface area contributed by atoms with Crippen LogP contribution in [0.1, 0.15) is 33.6 Å². The van der Waals surface area contributed by atoms with Crippen LogP contribution in [0.3, 0.4) is 0 Å². The number of halogens is 2. The Morgan fingerprint density at radius 2 is 1.85 bits per heavy atom. The fourth-order valence-corrected chi connectivity index (χ4v) is 2.57. The van der Waals surface area contributed by atoms with Crippen LogP contribution >= 0.6 is 0 Å². The fraction of sp³-hybridized carbons (Fsp3) is 0.421. The Bertz CT molecular complexity index is 812. The second kappa shape index (κ2) is 9.25. The molecule has 1 aromatic carbocycles. The van der Waals surface area contributed by atoms with E-state index in [2.05, 4.69) is 34.2 Å². The Kier molecular flexibility index (Phi) is 7.04. The molecule has 0 bridgehead atoms. The van der Waals surface area contributed by atoms with Crippen molar-refractivity contribution in [3.8, 4) is 5.75 Å². The van der Waals surface area contributed by atoms with Crippen LogP contribution in [0.5, 0.6) is 5.75 Å². The quantitative estimate of drug-likeness (QED) is 0.719. The number of hydrogen-bond donors (Lipinski definition) is 2. The predicted octanol–water partition coefficient (Wildman–Crippen LogP) is 3.72. The summed E-state index contributed by atoms with van der Waals surface area (Å²) in [5, 5.41) is 5.54. The summed E-state index contributed by atoms with van der Waals surface area (Å²) >= 11 is 0. The van der Waals surface area contributed by atoms with Gasteiger partial charge < -0.3 is 15.4 Å². The van der Waals surface area contributed by atoms with Crippen molar-refractivity contribution < 1.29 is 23.1 Å². The molecule has 6 nitrogen and oxygen atoms in total. The van der Waals surface area contributed by atoms with E-state index in [1.54, 1.807) is 12.1 Å². The molecule has 2 amide bonds. The zero-order chi connectivity index (χ0) is 20.0. The van der Waals surface area contributed by atoms with Gasteiger partial charge in [0.1, 0.15) is 5.52 Å². The second-order valence-electron chi connectivity index (χ2n) is 6.69. The van der Waals surface area contributed by atoms with E-state index in [-0.39, 0.29) is 23.0 Å². The zero-order valence-corrected chi connectivity index (χ0v) is 15.5. The maximum absolute atomic E-state index is 12.5. The Labute approximate surface area is 156 Å². The first-order valence-corrected chi connectivity index (χ1v) is 8.72. The fourth-order valence-electron chi connectivity index (χ4n) is 2.57. The Balaban J connectivity index is 2.11. The minimum Gasteiger partial charge on any atom is -0.432 e. The number of pyridine rings is 1. The van der Waals surface area contributed by atoms with E-state index in [0.29, 0.717) is 11.3 Å². The highest BCUT2D eigenvalue weighted by molar-refractivity contribution is 6.40. The molecule has 0 spiro atoms. The van der Waals surface area contributed by atoms with Crippen molar-refractivity contribution in [2.75, 3.05) is 5.32 Å². The molecular weight excluding hydrogens is 356 g/mol. The third-order valence-electron chi connectivity index (χ3n) is 3.96. The van der Waals surface area contributed by atoms with Crippen molar-refractivity contribution in [1.29, 1.82) is 0 Å². The molecule has 2 N–H and O–H groups in total. The summed E-state index contributed by atoms with van der Waals surface area (Å²) in [5.74, 6) is -1.19. The van der Waals surface area contributed by atoms with Gasteiger partial charge in [-0.1, -0.05) is 13.8 Å². The van der Waals surface area contributed by atoms with Gasteiger partial charge in [0.2, 0.25) is 0 Å². The summed E-state index contributed by atoms with van der Waals surface area (Å²) in [6.45, 7) is 3.02.